The second-order valence-corrected chi connectivity index (χ2v) is 5.14. The lowest BCUT2D eigenvalue weighted by Crippen LogP contribution is -2.07. The fourth-order valence-corrected chi connectivity index (χ4v) is 2.55. The van der Waals surface area contributed by atoms with E-state index in [0.717, 1.165) is 11.4 Å². The van der Waals surface area contributed by atoms with Crippen molar-refractivity contribution in [3.05, 3.63) is 51.5 Å². The van der Waals surface area contributed by atoms with Gasteiger partial charge in [-0.15, -0.1) is 0 Å². The molecule has 3 nitrogen and oxygen atoms in total. The largest absolute Gasteiger partial charge is 0.388 e. The van der Waals surface area contributed by atoms with Gasteiger partial charge in [-0.3, -0.25) is 4.68 Å². The van der Waals surface area contributed by atoms with Crippen molar-refractivity contribution < 1.29 is 9.50 Å². The van der Waals surface area contributed by atoms with Crippen LogP contribution < -0.4 is 0 Å². The Hall–Kier alpha value is -1.20. The zero-order valence-electron chi connectivity index (χ0n) is 10.2. The molecular formula is C13H14BrFN2O. The van der Waals surface area contributed by atoms with Crippen molar-refractivity contribution in [2.24, 2.45) is 7.05 Å². The van der Waals surface area contributed by atoms with E-state index in [1.165, 1.54) is 12.1 Å². The van der Waals surface area contributed by atoms with Crippen LogP contribution in [0, 0.1) is 12.7 Å². The maximum Gasteiger partial charge on any atom is 0.124 e. The molecule has 0 saturated heterocycles. The van der Waals surface area contributed by atoms with Gasteiger partial charge in [0.25, 0.3) is 0 Å². The van der Waals surface area contributed by atoms with E-state index >= 15 is 0 Å². The Morgan fingerprint density at radius 1 is 1.44 bits per heavy atom. The quantitative estimate of drug-likeness (QED) is 0.946. The summed E-state index contributed by atoms with van der Waals surface area (Å²) in [5, 5.41) is 14.4. The highest BCUT2D eigenvalue weighted by atomic mass is 79.9. The molecule has 1 atom stereocenters. The van der Waals surface area contributed by atoms with E-state index in [9.17, 15) is 9.50 Å². The smallest absolute Gasteiger partial charge is 0.124 e. The van der Waals surface area contributed by atoms with Gasteiger partial charge in [-0.2, -0.15) is 5.10 Å². The normalized spacial score (nSPS) is 12.7. The Labute approximate surface area is 113 Å². The SMILES string of the molecule is Cc1cc(CC(O)c2ccc(F)cc2Br)n(C)n1. The fraction of sp³-hybridized carbons (Fsp3) is 0.308. The Bertz CT molecular complexity index is 568. The first kappa shape index (κ1) is 13.2. The van der Waals surface area contributed by atoms with Gasteiger partial charge in [0, 0.05) is 23.6 Å². The topological polar surface area (TPSA) is 38.0 Å². The van der Waals surface area contributed by atoms with Crippen molar-refractivity contribution in [3.8, 4) is 0 Å². The fourth-order valence-electron chi connectivity index (χ4n) is 1.94. The number of aromatic nitrogens is 2. The Morgan fingerprint density at radius 3 is 2.72 bits per heavy atom. The van der Waals surface area contributed by atoms with Crippen LogP contribution in [0.2, 0.25) is 0 Å². The number of nitrogens with zero attached hydrogens (tertiary/aromatic N) is 2. The summed E-state index contributed by atoms with van der Waals surface area (Å²) in [4.78, 5) is 0. The molecule has 0 spiro atoms. The Balaban J connectivity index is 2.21. The van der Waals surface area contributed by atoms with Crippen molar-refractivity contribution in [1.82, 2.24) is 9.78 Å². The van der Waals surface area contributed by atoms with Gasteiger partial charge in [0.2, 0.25) is 0 Å². The van der Waals surface area contributed by atoms with Gasteiger partial charge in [0.1, 0.15) is 5.82 Å². The second kappa shape index (κ2) is 5.20. The van der Waals surface area contributed by atoms with Gasteiger partial charge in [0.05, 0.1) is 11.8 Å². The van der Waals surface area contributed by atoms with Crippen molar-refractivity contribution in [2.45, 2.75) is 19.4 Å². The first-order chi connectivity index (χ1) is 8.47. The predicted molar refractivity (Wildman–Crippen MR) is 70.7 cm³/mol. The first-order valence-corrected chi connectivity index (χ1v) is 6.39. The van der Waals surface area contributed by atoms with Gasteiger partial charge in [0.15, 0.2) is 0 Å². The monoisotopic (exact) mass is 312 g/mol. The number of hydrogen-bond acceptors (Lipinski definition) is 2. The number of benzene rings is 1. The maximum atomic E-state index is 13.0. The summed E-state index contributed by atoms with van der Waals surface area (Å²) >= 11 is 3.26. The van der Waals surface area contributed by atoms with Crippen molar-refractivity contribution in [1.29, 1.82) is 0 Å². The van der Waals surface area contributed by atoms with E-state index < -0.39 is 6.10 Å². The number of aliphatic hydroxyl groups excluding tert-OH is 1. The molecular weight excluding hydrogens is 299 g/mol. The molecule has 18 heavy (non-hydrogen) atoms. The van der Waals surface area contributed by atoms with Crippen molar-refractivity contribution in [2.75, 3.05) is 0 Å². The first-order valence-electron chi connectivity index (χ1n) is 5.60. The minimum absolute atomic E-state index is 0.325. The van der Waals surface area contributed by atoms with Crippen molar-refractivity contribution in [3.63, 3.8) is 0 Å². The number of hydrogen-bond donors (Lipinski definition) is 1. The zero-order valence-corrected chi connectivity index (χ0v) is 11.8. The Morgan fingerprint density at radius 2 is 2.17 bits per heavy atom. The third kappa shape index (κ3) is 2.79. The van der Waals surface area contributed by atoms with Gasteiger partial charge < -0.3 is 5.11 Å². The summed E-state index contributed by atoms with van der Waals surface area (Å²) in [6, 6.07) is 6.22. The van der Waals surface area contributed by atoms with Gasteiger partial charge in [-0.1, -0.05) is 22.0 Å². The molecule has 1 aromatic heterocycles. The highest BCUT2D eigenvalue weighted by Gasteiger charge is 2.15. The number of halogens is 2. The highest BCUT2D eigenvalue weighted by Crippen LogP contribution is 2.26. The lowest BCUT2D eigenvalue weighted by Gasteiger charge is -2.13. The lowest BCUT2D eigenvalue weighted by atomic mass is 10.0. The number of rotatable bonds is 3. The van der Waals surface area contributed by atoms with E-state index in [1.54, 1.807) is 10.7 Å². The van der Waals surface area contributed by atoms with E-state index in [1.807, 2.05) is 20.0 Å². The molecule has 96 valence electrons. The van der Waals surface area contributed by atoms with Crippen LogP contribution in [0.1, 0.15) is 23.1 Å². The molecule has 0 saturated carbocycles. The predicted octanol–water partition coefficient (Wildman–Crippen LogP) is 2.91. The molecule has 2 aromatic rings. The van der Waals surface area contributed by atoms with Crippen molar-refractivity contribution >= 4 is 15.9 Å². The summed E-state index contributed by atoms with van der Waals surface area (Å²) in [5.74, 6) is -0.325. The second-order valence-electron chi connectivity index (χ2n) is 4.29. The van der Waals surface area contributed by atoms with Crippen LogP contribution in [0.3, 0.4) is 0 Å². The maximum absolute atomic E-state index is 13.0. The third-order valence-electron chi connectivity index (χ3n) is 2.82. The molecule has 1 unspecified atom stereocenters. The minimum atomic E-state index is -0.685. The molecule has 2 rings (SSSR count). The summed E-state index contributed by atoms with van der Waals surface area (Å²) in [6.45, 7) is 1.91. The molecule has 0 bridgehead atoms. The molecule has 0 amide bonds. The summed E-state index contributed by atoms with van der Waals surface area (Å²) < 4.78 is 15.3. The van der Waals surface area contributed by atoms with Gasteiger partial charge in [-0.25, -0.2) is 4.39 Å². The molecule has 0 radical (unpaired) electrons. The summed E-state index contributed by atoms with van der Waals surface area (Å²) in [7, 11) is 1.84. The van der Waals surface area contributed by atoms with E-state index in [4.69, 9.17) is 0 Å². The average molecular weight is 313 g/mol. The van der Waals surface area contributed by atoms with Gasteiger partial charge in [-0.05, 0) is 30.7 Å². The average Bonchev–Trinajstić information content (AvgIpc) is 2.57. The van der Waals surface area contributed by atoms with Crippen LogP contribution >= 0.6 is 15.9 Å². The lowest BCUT2D eigenvalue weighted by molar-refractivity contribution is 0.175. The van der Waals surface area contributed by atoms with E-state index in [2.05, 4.69) is 21.0 Å². The van der Waals surface area contributed by atoms with E-state index in [0.29, 0.717) is 16.5 Å². The summed E-state index contributed by atoms with van der Waals surface area (Å²) in [5.41, 5.74) is 2.53. The highest BCUT2D eigenvalue weighted by molar-refractivity contribution is 9.10. The molecule has 0 aliphatic carbocycles. The standard InChI is InChI=1S/C13H14BrFN2O/c1-8-5-10(17(2)16-8)7-13(18)11-4-3-9(15)6-12(11)14/h3-6,13,18H,7H2,1-2H3. The Kier molecular flexibility index (Phi) is 3.82. The van der Waals surface area contributed by atoms with Crippen LogP contribution in [-0.4, -0.2) is 14.9 Å². The van der Waals surface area contributed by atoms with Gasteiger partial charge >= 0.3 is 0 Å². The molecule has 1 heterocycles. The van der Waals surface area contributed by atoms with Crippen LogP contribution in [0.25, 0.3) is 0 Å². The number of aliphatic hydroxyl groups is 1. The minimum Gasteiger partial charge on any atom is -0.388 e. The molecule has 1 aromatic carbocycles. The molecule has 0 fully saturated rings. The van der Waals surface area contributed by atoms with Crippen LogP contribution in [0.4, 0.5) is 4.39 Å². The third-order valence-corrected chi connectivity index (χ3v) is 3.51. The van der Waals surface area contributed by atoms with Crippen LogP contribution in [0.15, 0.2) is 28.7 Å². The summed E-state index contributed by atoms with van der Waals surface area (Å²) in [6.07, 6.45) is -0.239. The number of aryl methyl sites for hydroxylation is 2. The molecule has 0 aliphatic rings. The van der Waals surface area contributed by atoms with E-state index in [-0.39, 0.29) is 5.82 Å². The molecule has 1 N–H and O–H groups in total. The van der Waals surface area contributed by atoms with Crippen LogP contribution in [-0.2, 0) is 13.5 Å². The van der Waals surface area contributed by atoms with Crippen LogP contribution in [0.5, 0.6) is 0 Å². The molecule has 0 aliphatic heterocycles. The zero-order chi connectivity index (χ0) is 13.3. The molecule has 5 heteroatoms.